The first kappa shape index (κ1) is 11.1. The highest BCUT2D eigenvalue weighted by Gasteiger charge is 2.31. The highest BCUT2D eigenvalue weighted by Crippen LogP contribution is 2.30. The van der Waals surface area contributed by atoms with Crippen molar-refractivity contribution in [1.29, 1.82) is 0 Å². The summed E-state index contributed by atoms with van der Waals surface area (Å²) < 4.78 is 4.74. The molecule has 0 saturated carbocycles. The van der Waals surface area contributed by atoms with Crippen molar-refractivity contribution < 1.29 is 14.3 Å². The molecule has 0 spiro atoms. The number of thioether (sulfide) groups is 2. The maximum absolute atomic E-state index is 11.7. The molecule has 15 heavy (non-hydrogen) atoms. The Labute approximate surface area is 96.9 Å². The molecule has 0 aliphatic carbocycles. The zero-order chi connectivity index (χ0) is 10.7. The van der Waals surface area contributed by atoms with E-state index in [1.807, 2.05) is 0 Å². The Balaban J connectivity index is 1.82. The van der Waals surface area contributed by atoms with Crippen molar-refractivity contribution >= 4 is 35.4 Å². The number of rotatable bonds is 2. The number of esters is 1. The molecular weight excluding hydrogens is 234 g/mol. The van der Waals surface area contributed by atoms with Crippen molar-refractivity contribution in [2.45, 2.75) is 23.5 Å². The lowest BCUT2D eigenvalue weighted by atomic mass is 10.2. The van der Waals surface area contributed by atoms with Gasteiger partial charge >= 0.3 is 5.97 Å². The Bertz CT molecular complexity index is 266. The van der Waals surface area contributed by atoms with Crippen LogP contribution in [0.5, 0.6) is 0 Å². The molecule has 84 valence electrons. The standard InChI is InChI=1S/C9H13NO3S2/c11-7(9-14-4-1-5-15-9)10-6-2-3-13-8(6)12/h6,9H,1-5H2,(H,10,11)/t6-/m0/s1. The second-order valence-corrected chi connectivity index (χ2v) is 6.17. The van der Waals surface area contributed by atoms with Crippen molar-refractivity contribution in [2.75, 3.05) is 18.1 Å². The third-order valence-electron chi connectivity index (χ3n) is 2.29. The molecule has 2 aliphatic heterocycles. The number of hydrogen-bond acceptors (Lipinski definition) is 5. The van der Waals surface area contributed by atoms with E-state index in [0.717, 1.165) is 17.9 Å². The van der Waals surface area contributed by atoms with E-state index in [4.69, 9.17) is 4.74 Å². The molecule has 6 heteroatoms. The first-order chi connectivity index (χ1) is 7.27. The average Bonchev–Trinajstić information content (AvgIpc) is 2.66. The van der Waals surface area contributed by atoms with Crippen LogP contribution in [0.1, 0.15) is 12.8 Å². The van der Waals surface area contributed by atoms with Crippen LogP contribution in [0, 0.1) is 0 Å². The number of ether oxygens (including phenoxy) is 1. The number of carbonyl (C=O) groups excluding carboxylic acids is 2. The van der Waals surface area contributed by atoms with Gasteiger partial charge in [0.2, 0.25) is 5.91 Å². The summed E-state index contributed by atoms with van der Waals surface area (Å²) in [4.78, 5) is 22.9. The van der Waals surface area contributed by atoms with Gasteiger partial charge in [0, 0.05) is 6.42 Å². The van der Waals surface area contributed by atoms with E-state index in [1.165, 1.54) is 0 Å². The molecule has 0 unspecified atom stereocenters. The van der Waals surface area contributed by atoms with Crippen molar-refractivity contribution in [1.82, 2.24) is 5.32 Å². The van der Waals surface area contributed by atoms with Gasteiger partial charge in [-0.25, -0.2) is 4.79 Å². The van der Waals surface area contributed by atoms with Gasteiger partial charge in [0.25, 0.3) is 0 Å². The molecule has 4 nitrogen and oxygen atoms in total. The van der Waals surface area contributed by atoms with Crippen LogP contribution in [0.25, 0.3) is 0 Å². The molecule has 2 heterocycles. The molecule has 0 aromatic heterocycles. The number of carbonyl (C=O) groups is 2. The second kappa shape index (κ2) is 5.12. The van der Waals surface area contributed by atoms with Gasteiger partial charge in [-0.1, -0.05) is 0 Å². The summed E-state index contributed by atoms with van der Waals surface area (Å²) in [6.45, 7) is 0.425. The summed E-state index contributed by atoms with van der Waals surface area (Å²) in [6.07, 6.45) is 1.76. The van der Waals surface area contributed by atoms with E-state index >= 15 is 0 Å². The number of nitrogens with one attached hydrogen (secondary N) is 1. The summed E-state index contributed by atoms with van der Waals surface area (Å²) >= 11 is 3.31. The molecule has 2 rings (SSSR count). The molecule has 0 bridgehead atoms. The van der Waals surface area contributed by atoms with Gasteiger partial charge in [0.05, 0.1) is 6.61 Å². The van der Waals surface area contributed by atoms with E-state index in [0.29, 0.717) is 13.0 Å². The second-order valence-electron chi connectivity index (χ2n) is 3.44. The number of cyclic esters (lactones) is 1. The van der Waals surface area contributed by atoms with Crippen LogP contribution in [-0.2, 0) is 14.3 Å². The zero-order valence-corrected chi connectivity index (χ0v) is 9.86. The molecule has 2 aliphatic rings. The molecule has 2 saturated heterocycles. The van der Waals surface area contributed by atoms with Crippen LogP contribution in [-0.4, -0.2) is 40.6 Å². The fraction of sp³-hybridized carbons (Fsp3) is 0.778. The molecule has 2 fully saturated rings. The van der Waals surface area contributed by atoms with Gasteiger partial charge in [0.15, 0.2) is 0 Å². The fourth-order valence-electron chi connectivity index (χ4n) is 1.51. The quantitative estimate of drug-likeness (QED) is 0.725. The Morgan fingerprint density at radius 2 is 2.13 bits per heavy atom. The maximum atomic E-state index is 11.7. The lowest BCUT2D eigenvalue weighted by Gasteiger charge is -2.21. The zero-order valence-electron chi connectivity index (χ0n) is 8.23. The summed E-state index contributed by atoms with van der Waals surface area (Å²) in [6, 6.07) is -0.416. The highest BCUT2D eigenvalue weighted by atomic mass is 32.2. The molecule has 1 atom stereocenters. The van der Waals surface area contributed by atoms with Crippen LogP contribution in [0.2, 0.25) is 0 Å². The Morgan fingerprint density at radius 1 is 1.40 bits per heavy atom. The van der Waals surface area contributed by atoms with Crippen LogP contribution < -0.4 is 5.32 Å². The Kier molecular flexibility index (Phi) is 3.80. The number of amides is 1. The topological polar surface area (TPSA) is 55.4 Å². The predicted octanol–water partition coefficient (Wildman–Crippen LogP) is 0.614. The predicted molar refractivity (Wildman–Crippen MR) is 60.8 cm³/mol. The SMILES string of the molecule is O=C(N[C@H]1CCOC1=O)C1SCCCS1. The smallest absolute Gasteiger partial charge is 0.328 e. The largest absolute Gasteiger partial charge is 0.464 e. The summed E-state index contributed by atoms with van der Waals surface area (Å²) in [5.74, 6) is 1.73. The minimum Gasteiger partial charge on any atom is -0.464 e. The molecular formula is C9H13NO3S2. The van der Waals surface area contributed by atoms with E-state index in [1.54, 1.807) is 23.5 Å². The highest BCUT2D eigenvalue weighted by molar-refractivity contribution is 8.18. The molecule has 0 aromatic carbocycles. The minimum absolute atomic E-state index is 0.0337. The third-order valence-corrected chi connectivity index (χ3v) is 5.19. The van der Waals surface area contributed by atoms with Gasteiger partial charge in [0.1, 0.15) is 10.6 Å². The summed E-state index contributed by atoms with van der Waals surface area (Å²) in [7, 11) is 0. The van der Waals surface area contributed by atoms with Crippen LogP contribution in [0.4, 0.5) is 0 Å². The molecule has 0 radical (unpaired) electrons. The normalized spacial score (nSPS) is 27.5. The fourth-order valence-corrected chi connectivity index (χ4v) is 4.14. The van der Waals surface area contributed by atoms with E-state index in [2.05, 4.69) is 5.32 Å². The van der Waals surface area contributed by atoms with Crippen molar-refractivity contribution in [3.63, 3.8) is 0 Å². The number of hydrogen-bond donors (Lipinski definition) is 1. The Hall–Kier alpha value is -0.360. The monoisotopic (exact) mass is 247 g/mol. The van der Waals surface area contributed by atoms with E-state index < -0.39 is 6.04 Å². The van der Waals surface area contributed by atoms with Crippen molar-refractivity contribution in [3.05, 3.63) is 0 Å². The molecule has 1 N–H and O–H groups in total. The maximum Gasteiger partial charge on any atom is 0.328 e. The van der Waals surface area contributed by atoms with Crippen molar-refractivity contribution in [2.24, 2.45) is 0 Å². The van der Waals surface area contributed by atoms with Crippen LogP contribution in [0.3, 0.4) is 0 Å². The van der Waals surface area contributed by atoms with Crippen molar-refractivity contribution in [3.8, 4) is 0 Å². The van der Waals surface area contributed by atoms with Crippen LogP contribution in [0.15, 0.2) is 0 Å². The third kappa shape index (κ3) is 2.81. The van der Waals surface area contributed by atoms with Gasteiger partial charge < -0.3 is 10.1 Å². The molecule has 1 amide bonds. The van der Waals surface area contributed by atoms with Gasteiger partial charge in [-0.2, -0.15) is 0 Å². The lowest BCUT2D eigenvalue weighted by Crippen LogP contribution is -2.42. The average molecular weight is 247 g/mol. The minimum atomic E-state index is -0.416. The van der Waals surface area contributed by atoms with Gasteiger partial charge in [-0.05, 0) is 17.9 Å². The van der Waals surface area contributed by atoms with E-state index in [9.17, 15) is 9.59 Å². The first-order valence-corrected chi connectivity index (χ1v) is 7.07. The van der Waals surface area contributed by atoms with E-state index in [-0.39, 0.29) is 16.5 Å². The first-order valence-electron chi connectivity index (χ1n) is 4.97. The van der Waals surface area contributed by atoms with Gasteiger partial charge in [-0.3, -0.25) is 4.79 Å². The summed E-state index contributed by atoms with van der Waals surface area (Å²) in [5, 5.41) is 2.74. The van der Waals surface area contributed by atoms with Gasteiger partial charge in [-0.15, -0.1) is 23.5 Å². The Morgan fingerprint density at radius 3 is 2.73 bits per heavy atom. The van der Waals surface area contributed by atoms with Crippen LogP contribution >= 0.6 is 23.5 Å². The molecule has 0 aromatic rings. The lowest BCUT2D eigenvalue weighted by molar-refractivity contribution is -0.141. The summed E-state index contributed by atoms with van der Waals surface area (Å²) in [5.41, 5.74) is 0.